The molecule has 0 atom stereocenters. The molecule has 0 spiro atoms. The summed E-state index contributed by atoms with van der Waals surface area (Å²) < 4.78 is 5.75. The molecule has 0 bridgehead atoms. The van der Waals surface area contributed by atoms with Crippen LogP contribution in [0.15, 0.2) is 54.1 Å². The second-order valence-corrected chi connectivity index (χ2v) is 7.10. The molecule has 1 saturated carbocycles. The third-order valence-corrected chi connectivity index (χ3v) is 5.03. The predicted molar refractivity (Wildman–Crippen MR) is 111 cm³/mol. The highest BCUT2D eigenvalue weighted by Gasteiger charge is 2.18. The molecule has 5 heteroatoms. The lowest BCUT2D eigenvalue weighted by atomic mass is 9.95. The maximum Gasteiger partial charge on any atom is 0.262 e. The summed E-state index contributed by atoms with van der Waals surface area (Å²) in [6.07, 6.45) is 7.00. The molecule has 1 aliphatic rings. The van der Waals surface area contributed by atoms with E-state index in [1.165, 1.54) is 6.42 Å². The zero-order valence-electron chi connectivity index (χ0n) is 16.2. The Hall–Kier alpha value is -3.57. The van der Waals surface area contributed by atoms with Gasteiger partial charge in [0, 0.05) is 11.6 Å². The normalized spacial score (nSPS) is 14.5. The third-order valence-electron chi connectivity index (χ3n) is 5.03. The van der Waals surface area contributed by atoms with Crippen LogP contribution in [0, 0.1) is 22.7 Å². The molecule has 1 N–H and O–H groups in total. The highest BCUT2D eigenvalue weighted by Crippen LogP contribution is 2.19. The lowest BCUT2D eigenvalue weighted by molar-refractivity contribution is -0.117. The SMILES string of the molecule is N#C/C(=C\c1ccc(OCc2ccccc2C#N)cc1)C(=O)NC1CCCCC1. The maximum absolute atomic E-state index is 12.4. The first kappa shape index (κ1) is 20.2. The second-order valence-electron chi connectivity index (χ2n) is 7.10. The Labute approximate surface area is 171 Å². The number of ether oxygens (including phenoxy) is 1. The van der Waals surface area contributed by atoms with Crippen molar-refractivity contribution in [3.63, 3.8) is 0 Å². The van der Waals surface area contributed by atoms with E-state index in [-0.39, 0.29) is 17.5 Å². The third kappa shape index (κ3) is 5.70. The van der Waals surface area contributed by atoms with Gasteiger partial charge < -0.3 is 10.1 Å². The minimum Gasteiger partial charge on any atom is -0.489 e. The van der Waals surface area contributed by atoms with E-state index in [1.54, 1.807) is 36.4 Å². The molecule has 1 amide bonds. The summed E-state index contributed by atoms with van der Waals surface area (Å²) in [6.45, 7) is 0.298. The number of nitrogens with zero attached hydrogens (tertiary/aromatic N) is 2. The molecule has 146 valence electrons. The molecule has 3 rings (SSSR count). The first-order valence-corrected chi connectivity index (χ1v) is 9.83. The minimum absolute atomic E-state index is 0.104. The van der Waals surface area contributed by atoms with Gasteiger partial charge in [-0.05, 0) is 42.7 Å². The van der Waals surface area contributed by atoms with Gasteiger partial charge in [-0.15, -0.1) is 0 Å². The van der Waals surface area contributed by atoms with Crippen LogP contribution in [0.3, 0.4) is 0 Å². The number of nitrogens with one attached hydrogen (secondary N) is 1. The summed E-state index contributed by atoms with van der Waals surface area (Å²) in [5, 5.41) is 21.5. The molecular weight excluding hydrogens is 362 g/mol. The first-order valence-electron chi connectivity index (χ1n) is 9.83. The van der Waals surface area contributed by atoms with Crippen LogP contribution in [0.5, 0.6) is 5.75 Å². The van der Waals surface area contributed by atoms with Crippen molar-refractivity contribution in [2.75, 3.05) is 0 Å². The quantitative estimate of drug-likeness (QED) is 0.586. The van der Waals surface area contributed by atoms with Gasteiger partial charge in [0.15, 0.2) is 0 Å². The van der Waals surface area contributed by atoms with Crippen LogP contribution in [0.4, 0.5) is 0 Å². The van der Waals surface area contributed by atoms with Crippen molar-refractivity contribution < 1.29 is 9.53 Å². The summed E-state index contributed by atoms with van der Waals surface area (Å²) in [4.78, 5) is 12.4. The average Bonchev–Trinajstić information content (AvgIpc) is 2.77. The summed E-state index contributed by atoms with van der Waals surface area (Å²) in [5.74, 6) is 0.341. The highest BCUT2D eigenvalue weighted by molar-refractivity contribution is 6.01. The zero-order valence-corrected chi connectivity index (χ0v) is 16.2. The van der Waals surface area contributed by atoms with Gasteiger partial charge >= 0.3 is 0 Å². The van der Waals surface area contributed by atoms with Crippen LogP contribution >= 0.6 is 0 Å². The summed E-state index contributed by atoms with van der Waals surface area (Å²) in [7, 11) is 0. The van der Waals surface area contributed by atoms with E-state index >= 15 is 0 Å². The molecule has 0 unspecified atom stereocenters. The largest absolute Gasteiger partial charge is 0.489 e. The molecule has 0 aliphatic heterocycles. The molecule has 2 aromatic rings. The van der Waals surface area contributed by atoms with E-state index in [0.717, 1.165) is 36.8 Å². The molecule has 1 fully saturated rings. The van der Waals surface area contributed by atoms with Crippen molar-refractivity contribution in [1.29, 1.82) is 10.5 Å². The van der Waals surface area contributed by atoms with E-state index in [2.05, 4.69) is 11.4 Å². The van der Waals surface area contributed by atoms with Crippen molar-refractivity contribution in [2.45, 2.75) is 44.8 Å². The molecule has 29 heavy (non-hydrogen) atoms. The minimum atomic E-state index is -0.312. The van der Waals surface area contributed by atoms with E-state index < -0.39 is 0 Å². The van der Waals surface area contributed by atoms with Gasteiger partial charge in [0.2, 0.25) is 0 Å². The Morgan fingerprint density at radius 2 is 1.79 bits per heavy atom. The number of hydrogen-bond acceptors (Lipinski definition) is 4. The topological polar surface area (TPSA) is 85.9 Å². The molecule has 2 aromatic carbocycles. The lowest BCUT2D eigenvalue weighted by Crippen LogP contribution is -2.36. The number of nitriles is 2. The molecule has 0 saturated heterocycles. The van der Waals surface area contributed by atoms with E-state index in [0.29, 0.717) is 17.9 Å². The Bertz CT molecular complexity index is 959. The lowest BCUT2D eigenvalue weighted by Gasteiger charge is -2.22. The second kappa shape index (κ2) is 10.1. The fourth-order valence-corrected chi connectivity index (χ4v) is 3.40. The first-order chi connectivity index (χ1) is 14.2. The van der Waals surface area contributed by atoms with Gasteiger partial charge in [-0.2, -0.15) is 10.5 Å². The average molecular weight is 385 g/mol. The summed E-state index contributed by atoms with van der Waals surface area (Å²) in [5.41, 5.74) is 2.28. The number of carbonyl (C=O) groups is 1. The van der Waals surface area contributed by atoms with Gasteiger partial charge in [0.25, 0.3) is 5.91 Å². The van der Waals surface area contributed by atoms with E-state index in [9.17, 15) is 10.1 Å². The van der Waals surface area contributed by atoms with Gasteiger partial charge in [-0.25, -0.2) is 0 Å². The van der Waals surface area contributed by atoms with Crippen molar-refractivity contribution in [3.8, 4) is 17.9 Å². The van der Waals surface area contributed by atoms with E-state index in [1.807, 2.05) is 24.3 Å². The van der Waals surface area contributed by atoms with Gasteiger partial charge in [-0.1, -0.05) is 49.6 Å². The smallest absolute Gasteiger partial charge is 0.262 e. The molecule has 0 aromatic heterocycles. The highest BCUT2D eigenvalue weighted by atomic mass is 16.5. The van der Waals surface area contributed by atoms with Gasteiger partial charge in [-0.3, -0.25) is 4.79 Å². The van der Waals surface area contributed by atoms with Crippen LogP contribution in [0.2, 0.25) is 0 Å². The number of hydrogen-bond donors (Lipinski definition) is 1. The Balaban J connectivity index is 1.61. The number of benzene rings is 2. The standard InChI is InChI=1S/C24H23N3O2/c25-15-19-6-4-5-7-20(19)17-29-23-12-10-18(11-13-23)14-21(16-26)24(28)27-22-8-2-1-3-9-22/h4-7,10-14,22H,1-3,8-9,17H2,(H,27,28)/b21-14+. The maximum atomic E-state index is 12.4. The van der Waals surface area contributed by atoms with Crippen molar-refractivity contribution in [1.82, 2.24) is 5.32 Å². The fourth-order valence-electron chi connectivity index (χ4n) is 3.40. The summed E-state index contributed by atoms with van der Waals surface area (Å²) in [6, 6.07) is 18.8. The van der Waals surface area contributed by atoms with Crippen LogP contribution in [0.25, 0.3) is 6.08 Å². The van der Waals surface area contributed by atoms with Crippen LogP contribution in [-0.4, -0.2) is 11.9 Å². The molecule has 0 radical (unpaired) electrons. The van der Waals surface area contributed by atoms with Gasteiger partial charge in [0.05, 0.1) is 11.6 Å². The van der Waals surface area contributed by atoms with Crippen molar-refractivity contribution in [3.05, 3.63) is 70.8 Å². The number of carbonyl (C=O) groups excluding carboxylic acids is 1. The molecule has 0 heterocycles. The van der Waals surface area contributed by atoms with Gasteiger partial charge in [0.1, 0.15) is 24.0 Å². The van der Waals surface area contributed by atoms with Crippen molar-refractivity contribution in [2.24, 2.45) is 0 Å². The van der Waals surface area contributed by atoms with Crippen LogP contribution in [0.1, 0.15) is 48.8 Å². The van der Waals surface area contributed by atoms with Crippen LogP contribution in [-0.2, 0) is 11.4 Å². The number of rotatable bonds is 6. The Morgan fingerprint density at radius 3 is 2.48 bits per heavy atom. The molecule has 1 aliphatic carbocycles. The molecule has 5 nitrogen and oxygen atoms in total. The van der Waals surface area contributed by atoms with Crippen molar-refractivity contribution >= 4 is 12.0 Å². The summed E-state index contributed by atoms with van der Waals surface area (Å²) >= 11 is 0. The zero-order chi connectivity index (χ0) is 20.5. The van der Waals surface area contributed by atoms with Crippen LogP contribution < -0.4 is 10.1 Å². The predicted octanol–water partition coefficient (Wildman–Crippen LogP) is 4.49. The Kier molecular flexibility index (Phi) is 7.03. The molecular formula is C24H23N3O2. The monoisotopic (exact) mass is 385 g/mol. The Morgan fingerprint density at radius 1 is 1.07 bits per heavy atom. The number of amides is 1. The van der Waals surface area contributed by atoms with E-state index in [4.69, 9.17) is 10.00 Å². The fraction of sp³-hybridized carbons (Fsp3) is 0.292.